The Labute approximate surface area is 125 Å². The van der Waals surface area contributed by atoms with Crippen LogP contribution in [0.1, 0.15) is 33.3 Å². The standard InChI is InChI=1S/C14H22N2O4S/c1-9(13(17)16-5)20-12-7-6-10(21(15,18)19)8-11(12)14(2,3)4/h6-9H,1-5H3,(H,16,17)(H2,15,18,19). The molecule has 118 valence electrons. The number of nitrogens with one attached hydrogen (secondary N) is 1. The summed E-state index contributed by atoms with van der Waals surface area (Å²) in [5.41, 5.74) is 0.308. The van der Waals surface area contributed by atoms with E-state index in [0.29, 0.717) is 11.3 Å². The van der Waals surface area contributed by atoms with Crippen LogP contribution >= 0.6 is 0 Å². The molecule has 1 rings (SSSR count). The molecule has 1 atom stereocenters. The van der Waals surface area contributed by atoms with Crippen molar-refractivity contribution < 1.29 is 17.9 Å². The number of ether oxygens (including phenoxy) is 1. The lowest BCUT2D eigenvalue weighted by molar-refractivity contribution is -0.126. The topological polar surface area (TPSA) is 98.5 Å². The molecule has 21 heavy (non-hydrogen) atoms. The van der Waals surface area contributed by atoms with Gasteiger partial charge in [-0.2, -0.15) is 0 Å². The quantitative estimate of drug-likeness (QED) is 0.870. The first-order chi connectivity index (χ1) is 9.46. The van der Waals surface area contributed by atoms with Crippen molar-refractivity contribution in [2.24, 2.45) is 5.14 Å². The molecule has 6 nitrogen and oxygen atoms in total. The number of amides is 1. The maximum absolute atomic E-state index is 11.6. The molecular weight excluding hydrogens is 292 g/mol. The monoisotopic (exact) mass is 314 g/mol. The number of sulfonamides is 1. The number of benzene rings is 1. The SMILES string of the molecule is CNC(=O)C(C)Oc1ccc(S(N)(=O)=O)cc1C(C)(C)C. The fourth-order valence-corrected chi connectivity index (χ4v) is 2.36. The first kappa shape index (κ1) is 17.5. The molecule has 0 aliphatic rings. The Hall–Kier alpha value is -1.60. The van der Waals surface area contributed by atoms with Crippen LogP contribution in [0.15, 0.2) is 23.1 Å². The molecule has 0 aromatic heterocycles. The maximum atomic E-state index is 11.6. The third-order valence-corrected chi connectivity index (χ3v) is 3.92. The Morgan fingerprint density at radius 1 is 1.33 bits per heavy atom. The van der Waals surface area contributed by atoms with Crippen molar-refractivity contribution in [1.29, 1.82) is 0 Å². The van der Waals surface area contributed by atoms with Crippen LogP contribution in [0.25, 0.3) is 0 Å². The highest BCUT2D eigenvalue weighted by atomic mass is 32.2. The number of primary sulfonamides is 1. The van der Waals surface area contributed by atoms with Crippen LogP contribution in [-0.2, 0) is 20.2 Å². The first-order valence-corrected chi connectivity index (χ1v) is 8.07. The highest BCUT2D eigenvalue weighted by molar-refractivity contribution is 7.89. The van der Waals surface area contributed by atoms with E-state index in [1.54, 1.807) is 6.92 Å². The van der Waals surface area contributed by atoms with Crippen molar-refractivity contribution in [3.05, 3.63) is 23.8 Å². The van der Waals surface area contributed by atoms with E-state index >= 15 is 0 Å². The minimum atomic E-state index is -3.79. The van der Waals surface area contributed by atoms with Crippen molar-refractivity contribution in [3.63, 3.8) is 0 Å². The summed E-state index contributed by atoms with van der Waals surface area (Å²) in [7, 11) is -2.26. The molecule has 0 saturated carbocycles. The van der Waals surface area contributed by atoms with E-state index in [4.69, 9.17) is 9.88 Å². The van der Waals surface area contributed by atoms with Gasteiger partial charge in [0.05, 0.1) is 4.90 Å². The Bertz CT molecular complexity index is 633. The van der Waals surface area contributed by atoms with Crippen molar-refractivity contribution in [2.45, 2.75) is 44.1 Å². The zero-order valence-corrected chi connectivity index (χ0v) is 13.7. The maximum Gasteiger partial charge on any atom is 0.260 e. The van der Waals surface area contributed by atoms with E-state index < -0.39 is 16.1 Å². The van der Waals surface area contributed by atoms with Crippen LogP contribution in [-0.4, -0.2) is 27.5 Å². The summed E-state index contributed by atoms with van der Waals surface area (Å²) in [6.07, 6.45) is -0.684. The van der Waals surface area contributed by atoms with Crippen LogP contribution < -0.4 is 15.2 Å². The fraction of sp³-hybridized carbons (Fsp3) is 0.500. The van der Waals surface area contributed by atoms with Gasteiger partial charge in [-0.25, -0.2) is 13.6 Å². The largest absolute Gasteiger partial charge is 0.481 e. The van der Waals surface area contributed by atoms with Crippen LogP contribution in [0.5, 0.6) is 5.75 Å². The van der Waals surface area contributed by atoms with Gasteiger partial charge in [-0.15, -0.1) is 0 Å². The average molecular weight is 314 g/mol. The van der Waals surface area contributed by atoms with Gasteiger partial charge in [-0.1, -0.05) is 20.8 Å². The van der Waals surface area contributed by atoms with Crippen molar-refractivity contribution in [3.8, 4) is 5.75 Å². The second-order valence-corrected chi connectivity index (χ2v) is 7.39. The molecule has 0 aliphatic carbocycles. The summed E-state index contributed by atoms with van der Waals surface area (Å²) >= 11 is 0. The number of carbonyl (C=O) groups excluding carboxylic acids is 1. The second kappa shape index (κ2) is 6.03. The van der Waals surface area contributed by atoms with Crippen molar-refractivity contribution in [2.75, 3.05) is 7.05 Å². The van der Waals surface area contributed by atoms with E-state index in [1.807, 2.05) is 20.8 Å². The summed E-state index contributed by atoms with van der Waals surface area (Å²) in [6, 6.07) is 4.39. The predicted molar refractivity (Wildman–Crippen MR) is 80.7 cm³/mol. The van der Waals surface area contributed by atoms with Crippen molar-refractivity contribution >= 4 is 15.9 Å². The molecule has 0 aliphatic heterocycles. The number of hydrogen-bond donors (Lipinski definition) is 2. The van der Waals surface area contributed by atoms with Gasteiger partial charge in [0, 0.05) is 12.6 Å². The van der Waals surface area contributed by atoms with Gasteiger partial charge in [0.25, 0.3) is 5.91 Å². The summed E-state index contributed by atoms with van der Waals surface area (Å²) in [6.45, 7) is 7.39. The summed E-state index contributed by atoms with van der Waals surface area (Å²) < 4.78 is 28.6. The third kappa shape index (κ3) is 4.44. The Morgan fingerprint density at radius 3 is 2.33 bits per heavy atom. The van der Waals surface area contributed by atoms with Gasteiger partial charge < -0.3 is 10.1 Å². The van der Waals surface area contributed by atoms with Gasteiger partial charge in [-0.05, 0) is 30.5 Å². The molecule has 1 aromatic rings. The van der Waals surface area contributed by atoms with E-state index in [2.05, 4.69) is 5.32 Å². The van der Waals surface area contributed by atoms with Gasteiger partial charge in [0.1, 0.15) is 5.75 Å². The van der Waals surface area contributed by atoms with Crippen LogP contribution in [0.3, 0.4) is 0 Å². The van der Waals surface area contributed by atoms with Crippen molar-refractivity contribution in [1.82, 2.24) is 5.32 Å². The zero-order valence-electron chi connectivity index (χ0n) is 12.9. The van der Waals surface area contributed by atoms with E-state index in [1.165, 1.54) is 25.2 Å². The molecule has 0 spiro atoms. The lowest BCUT2D eigenvalue weighted by Gasteiger charge is -2.25. The molecule has 3 N–H and O–H groups in total. The molecule has 0 heterocycles. The van der Waals surface area contributed by atoms with Crippen LogP contribution in [0.4, 0.5) is 0 Å². The molecule has 1 aromatic carbocycles. The molecule has 0 radical (unpaired) electrons. The Balaban J connectivity index is 3.30. The van der Waals surface area contributed by atoms with Gasteiger partial charge >= 0.3 is 0 Å². The summed E-state index contributed by atoms with van der Waals surface area (Å²) in [4.78, 5) is 11.6. The molecule has 1 unspecified atom stereocenters. The number of carbonyl (C=O) groups is 1. The Kier molecular flexibility index (Phi) is 5.01. The highest BCUT2D eigenvalue weighted by Gasteiger charge is 2.24. The smallest absolute Gasteiger partial charge is 0.260 e. The molecule has 7 heteroatoms. The number of likely N-dealkylation sites (N-methyl/N-ethyl adjacent to an activating group) is 1. The average Bonchev–Trinajstić information content (AvgIpc) is 2.35. The number of nitrogens with two attached hydrogens (primary N) is 1. The van der Waals surface area contributed by atoms with E-state index in [9.17, 15) is 13.2 Å². The van der Waals surface area contributed by atoms with Crippen LogP contribution in [0.2, 0.25) is 0 Å². The molecule has 1 amide bonds. The van der Waals surface area contributed by atoms with E-state index in [0.717, 1.165) is 0 Å². The summed E-state index contributed by atoms with van der Waals surface area (Å²) in [5, 5.41) is 7.66. The number of rotatable bonds is 4. The molecule has 0 bridgehead atoms. The minimum Gasteiger partial charge on any atom is -0.481 e. The summed E-state index contributed by atoms with van der Waals surface area (Å²) in [5.74, 6) is 0.205. The lowest BCUT2D eigenvalue weighted by atomic mass is 9.86. The van der Waals surface area contributed by atoms with E-state index in [-0.39, 0.29) is 16.2 Å². The normalized spacial score (nSPS) is 13.6. The Morgan fingerprint density at radius 2 is 1.90 bits per heavy atom. The molecule has 0 saturated heterocycles. The first-order valence-electron chi connectivity index (χ1n) is 6.52. The lowest BCUT2D eigenvalue weighted by Crippen LogP contribution is -2.34. The predicted octanol–water partition coefficient (Wildman–Crippen LogP) is 1.14. The zero-order chi connectivity index (χ0) is 16.4. The molecule has 0 fully saturated rings. The highest BCUT2D eigenvalue weighted by Crippen LogP contribution is 2.33. The third-order valence-electron chi connectivity index (χ3n) is 3.01. The number of hydrogen-bond acceptors (Lipinski definition) is 4. The minimum absolute atomic E-state index is 0.0207. The van der Waals surface area contributed by atoms with Crippen LogP contribution in [0, 0.1) is 0 Å². The second-order valence-electron chi connectivity index (χ2n) is 5.83. The molecular formula is C14H22N2O4S. The van der Waals surface area contributed by atoms with Gasteiger partial charge in [0.2, 0.25) is 10.0 Å². The van der Waals surface area contributed by atoms with Gasteiger partial charge in [-0.3, -0.25) is 4.79 Å². The van der Waals surface area contributed by atoms with Gasteiger partial charge in [0.15, 0.2) is 6.10 Å². The fourth-order valence-electron chi connectivity index (χ4n) is 1.82.